The quantitative estimate of drug-likeness (QED) is 0.671. The minimum atomic E-state index is 0.153. The number of rotatable bonds is 5. The minimum absolute atomic E-state index is 0.153. The molecule has 3 heterocycles. The van der Waals surface area contributed by atoms with Gasteiger partial charge in [0.1, 0.15) is 18.4 Å². The minimum Gasteiger partial charge on any atom is -0.495 e. The van der Waals surface area contributed by atoms with Gasteiger partial charge in [-0.3, -0.25) is 14.3 Å². The van der Waals surface area contributed by atoms with Crippen LogP contribution in [0.2, 0.25) is 0 Å². The molecule has 1 saturated heterocycles. The molecule has 1 aliphatic rings. The van der Waals surface area contributed by atoms with Crippen molar-refractivity contribution in [2.75, 3.05) is 38.2 Å². The first-order valence-electron chi connectivity index (χ1n) is 9.18. The molecule has 0 unspecified atom stereocenters. The highest BCUT2D eigenvalue weighted by Gasteiger charge is 2.21. The molecular formula is C20H22N6O2. The van der Waals surface area contributed by atoms with Gasteiger partial charge in [0.05, 0.1) is 31.6 Å². The van der Waals surface area contributed by atoms with E-state index in [0.29, 0.717) is 19.5 Å². The third kappa shape index (κ3) is 3.95. The lowest BCUT2D eigenvalue weighted by atomic mass is 10.1. The standard InChI is InChI=1S/C20H22N6O2/c1-28-19-11-18(12-21-13-19)24-6-8-25(9-7-24)20(27)10-16-2-4-17(5-3-16)26-14-22-23-15-26/h2-5,11-15H,6-10H2,1H3. The molecule has 0 atom stereocenters. The summed E-state index contributed by atoms with van der Waals surface area (Å²) in [4.78, 5) is 21.0. The first-order chi connectivity index (χ1) is 13.7. The van der Waals surface area contributed by atoms with Crippen LogP contribution in [0.1, 0.15) is 5.56 Å². The van der Waals surface area contributed by atoms with Gasteiger partial charge >= 0.3 is 0 Å². The first kappa shape index (κ1) is 18.0. The Morgan fingerprint density at radius 2 is 1.71 bits per heavy atom. The summed E-state index contributed by atoms with van der Waals surface area (Å²) in [6, 6.07) is 9.87. The molecule has 0 saturated carbocycles. The molecule has 1 amide bonds. The van der Waals surface area contributed by atoms with Gasteiger partial charge in [0, 0.05) is 37.9 Å². The molecule has 4 rings (SSSR count). The molecule has 2 aromatic heterocycles. The van der Waals surface area contributed by atoms with Crippen LogP contribution in [0.25, 0.3) is 5.69 Å². The number of anilines is 1. The van der Waals surface area contributed by atoms with E-state index >= 15 is 0 Å². The number of hydrogen-bond donors (Lipinski definition) is 0. The number of pyridine rings is 1. The van der Waals surface area contributed by atoms with Crippen molar-refractivity contribution in [3.63, 3.8) is 0 Å². The van der Waals surface area contributed by atoms with E-state index in [9.17, 15) is 4.79 Å². The molecule has 1 aromatic carbocycles. The Hall–Kier alpha value is -3.42. The third-order valence-electron chi connectivity index (χ3n) is 4.94. The number of piperazine rings is 1. The van der Waals surface area contributed by atoms with Gasteiger partial charge in [0.2, 0.25) is 5.91 Å². The Kier molecular flexibility index (Phi) is 5.18. The lowest BCUT2D eigenvalue weighted by Crippen LogP contribution is -2.49. The second-order valence-corrected chi connectivity index (χ2v) is 6.66. The van der Waals surface area contributed by atoms with E-state index in [1.807, 2.05) is 46.0 Å². The van der Waals surface area contributed by atoms with Crippen LogP contribution in [0.3, 0.4) is 0 Å². The predicted molar refractivity (Wildman–Crippen MR) is 105 cm³/mol. The van der Waals surface area contributed by atoms with Gasteiger partial charge in [0.25, 0.3) is 0 Å². The van der Waals surface area contributed by atoms with E-state index in [1.165, 1.54) is 0 Å². The van der Waals surface area contributed by atoms with Crippen molar-refractivity contribution in [3.8, 4) is 11.4 Å². The Morgan fingerprint density at radius 1 is 1.00 bits per heavy atom. The van der Waals surface area contributed by atoms with Gasteiger partial charge in [-0.25, -0.2) is 0 Å². The van der Waals surface area contributed by atoms with Crippen LogP contribution in [0.15, 0.2) is 55.4 Å². The fourth-order valence-electron chi connectivity index (χ4n) is 3.31. The number of carbonyl (C=O) groups excluding carboxylic acids is 1. The summed E-state index contributed by atoms with van der Waals surface area (Å²) in [6.07, 6.45) is 7.23. The SMILES string of the molecule is COc1cncc(N2CCN(C(=O)Cc3ccc(-n4cnnc4)cc3)CC2)c1. The van der Waals surface area contributed by atoms with Crippen molar-refractivity contribution in [1.29, 1.82) is 0 Å². The normalized spacial score (nSPS) is 14.2. The molecule has 8 nitrogen and oxygen atoms in total. The second-order valence-electron chi connectivity index (χ2n) is 6.66. The number of aromatic nitrogens is 4. The van der Waals surface area contributed by atoms with E-state index in [2.05, 4.69) is 20.1 Å². The van der Waals surface area contributed by atoms with Crippen molar-refractivity contribution in [2.24, 2.45) is 0 Å². The summed E-state index contributed by atoms with van der Waals surface area (Å²) in [7, 11) is 1.64. The molecule has 0 aliphatic carbocycles. The number of nitrogens with zero attached hydrogens (tertiary/aromatic N) is 6. The topological polar surface area (TPSA) is 76.4 Å². The van der Waals surface area contributed by atoms with Gasteiger partial charge in [-0.15, -0.1) is 10.2 Å². The second kappa shape index (κ2) is 8.08. The zero-order chi connectivity index (χ0) is 19.3. The summed E-state index contributed by atoms with van der Waals surface area (Å²) in [5, 5.41) is 7.61. The van der Waals surface area contributed by atoms with Gasteiger partial charge in [-0.05, 0) is 17.7 Å². The lowest BCUT2D eigenvalue weighted by molar-refractivity contribution is -0.130. The molecule has 0 spiro atoms. The van der Waals surface area contributed by atoms with Crippen LogP contribution >= 0.6 is 0 Å². The van der Waals surface area contributed by atoms with Crippen LogP contribution in [0.5, 0.6) is 5.75 Å². The summed E-state index contributed by atoms with van der Waals surface area (Å²) in [5.41, 5.74) is 3.00. The van der Waals surface area contributed by atoms with E-state index in [-0.39, 0.29) is 5.91 Å². The smallest absolute Gasteiger partial charge is 0.227 e. The number of ether oxygens (including phenoxy) is 1. The summed E-state index contributed by atoms with van der Waals surface area (Å²) < 4.78 is 7.07. The maximum absolute atomic E-state index is 12.7. The number of carbonyl (C=O) groups is 1. The lowest BCUT2D eigenvalue weighted by Gasteiger charge is -2.36. The van der Waals surface area contributed by atoms with Gasteiger partial charge < -0.3 is 14.5 Å². The largest absolute Gasteiger partial charge is 0.495 e. The Balaban J connectivity index is 1.32. The van der Waals surface area contributed by atoms with E-state index in [4.69, 9.17) is 4.74 Å². The van der Waals surface area contributed by atoms with E-state index in [0.717, 1.165) is 35.8 Å². The van der Waals surface area contributed by atoms with Crippen LogP contribution in [-0.2, 0) is 11.2 Å². The fraction of sp³-hybridized carbons (Fsp3) is 0.300. The highest BCUT2D eigenvalue weighted by Crippen LogP contribution is 2.21. The molecule has 8 heteroatoms. The van der Waals surface area contributed by atoms with Crippen LogP contribution in [0, 0.1) is 0 Å². The molecule has 144 valence electrons. The maximum atomic E-state index is 12.7. The van der Waals surface area contributed by atoms with Crippen molar-refractivity contribution < 1.29 is 9.53 Å². The highest BCUT2D eigenvalue weighted by atomic mass is 16.5. The summed E-state index contributed by atoms with van der Waals surface area (Å²) >= 11 is 0. The molecule has 1 aliphatic heterocycles. The van der Waals surface area contributed by atoms with Crippen molar-refractivity contribution in [2.45, 2.75) is 6.42 Å². The summed E-state index contributed by atoms with van der Waals surface area (Å²) in [5.74, 6) is 0.895. The first-order valence-corrected chi connectivity index (χ1v) is 9.18. The Bertz CT molecular complexity index is 918. The van der Waals surface area contributed by atoms with E-state index in [1.54, 1.807) is 26.0 Å². The van der Waals surface area contributed by atoms with Gasteiger partial charge in [0.15, 0.2) is 0 Å². The summed E-state index contributed by atoms with van der Waals surface area (Å²) in [6.45, 7) is 2.98. The number of amides is 1. The molecule has 0 N–H and O–H groups in total. The zero-order valence-corrected chi connectivity index (χ0v) is 15.7. The van der Waals surface area contributed by atoms with Crippen LogP contribution in [0.4, 0.5) is 5.69 Å². The average molecular weight is 378 g/mol. The molecule has 0 radical (unpaired) electrons. The molecule has 3 aromatic rings. The van der Waals surface area contributed by atoms with Crippen LogP contribution in [-0.4, -0.2) is 63.8 Å². The molecular weight excluding hydrogens is 356 g/mol. The van der Waals surface area contributed by atoms with Crippen molar-refractivity contribution in [3.05, 3.63) is 60.9 Å². The molecule has 28 heavy (non-hydrogen) atoms. The van der Waals surface area contributed by atoms with E-state index < -0.39 is 0 Å². The Labute approximate surface area is 163 Å². The number of benzene rings is 1. The molecule has 0 bridgehead atoms. The Morgan fingerprint density at radius 3 is 2.39 bits per heavy atom. The maximum Gasteiger partial charge on any atom is 0.227 e. The third-order valence-corrected chi connectivity index (χ3v) is 4.94. The van der Waals surface area contributed by atoms with Gasteiger partial charge in [-0.2, -0.15) is 0 Å². The average Bonchev–Trinajstić information content (AvgIpc) is 3.29. The number of hydrogen-bond acceptors (Lipinski definition) is 6. The highest BCUT2D eigenvalue weighted by molar-refractivity contribution is 5.79. The molecule has 1 fully saturated rings. The van der Waals surface area contributed by atoms with Gasteiger partial charge in [-0.1, -0.05) is 12.1 Å². The zero-order valence-electron chi connectivity index (χ0n) is 15.7. The van der Waals surface area contributed by atoms with Crippen molar-refractivity contribution in [1.82, 2.24) is 24.6 Å². The van der Waals surface area contributed by atoms with Crippen molar-refractivity contribution >= 4 is 11.6 Å². The predicted octanol–water partition coefficient (Wildman–Crippen LogP) is 1.56. The van der Waals surface area contributed by atoms with Crippen LogP contribution < -0.4 is 9.64 Å². The fourth-order valence-corrected chi connectivity index (χ4v) is 3.31. The number of methoxy groups -OCH3 is 1. The monoisotopic (exact) mass is 378 g/mol.